The highest BCUT2D eigenvalue weighted by molar-refractivity contribution is 5.98. The molecule has 3 amide bonds. The minimum atomic E-state index is -0.311. The van der Waals surface area contributed by atoms with Gasteiger partial charge in [0.25, 0.3) is 11.8 Å². The average molecular weight is 362 g/mol. The number of carbonyl (C=O) groups is 3. The van der Waals surface area contributed by atoms with Crippen LogP contribution in [0.5, 0.6) is 0 Å². The van der Waals surface area contributed by atoms with Gasteiger partial charge in [0.15, 0.2) is 0 Å². The third kappa shape index (κ3) is 5.44. The van der Waals surface area contributed by atoms with Gasteiger partial charge in [0.2, 0.25) is 0 Å². The Labute approximate surface area is 153 Å². The van der Waals surface area contributed by atoms with Crippen molar-refractivity contribution >= 4 is 17.9 Å². The van der Waals surface area contributed by atoms with Crippen molar-refractivity contribution in [3.05, 3.63) is 29.6 Å². The standard InChI is InChI=1S/C18H26N4O4/c1-3-8-20-17(24)15-12-13(5-9-19-15)16(23)21-14-6-10-22(11-7-14)18(25)26-4-2/h5,9,12,14H,3-4,6-8,10-11H2,1-2H3,(H,20,24)(H,21,23). The minimum Gasteiger partial charge on any atom is -0.450 e. The van der Waals surface area contributed by atoms with Gasteiger partial charge in [0.05, 0.1) is 6.61 Å². The predicted molar refractivity (Wildman–Crippen MR) is 95.9 cm³/mol. The lowest BCUT2D eigenvalue weighted by atomic mass is 10.0. The van der Waals surface area contributed by atoms with Crippen molar-refractivity contribution in [3.8, 4) is 0 Å². The summed E-state index contributed by atoms with van der Waals surface area (Å²) >= 11 is 0. The smallest absolute Gasteiger partial charge is 0.409 e. The van der Waals surface area contributed by atoms with E-state index >= 15 is 0 Å². The van der Waals surface area contributed by atoms with E-state index in [0.29, 0.717) is 44.6 Å². The summed E-state index contributed by atoms with van der Waals surface area (Å²) < 4.78 is 4.99. The summed E-state index contributed by atoms with van der Waals surface area (Å²) in [7, 11) is 0. The topological polar surface area (TPSA) is 101 Å². The summed E-state index contributed by atoms with van der Waals surface area (Å²) in [4.78, 5) is 41.8. The van der Waals surface area contributed by atoms with E-state index in [4.69, 9.17) is 4.74 Å². The van der Waals surface area contributed by atoms with Crippen molar-refractivity contribution in [2.24, 2.45) is 0 Å². The molecule has 0 saturated carbocycles. The summed E-state index contributed by atoms with van der Waals surface area (Å²) in [5, 5.41) is 5.70. The van der Waals surface area contributed by atoms with Crippen LogP contribution in [0.1, 0.15) is 54.0 Å². The summed E-state index contributed by atoms with van der Waals surface area (Å²) in [5.74, 6) is -0.532. The van der Waals surface area contributed by atoms with Gasteiger partial charge in [-0.2, -0.15) is 0 Å². The lowest BCUT2D eigenvalue weighted by Crippen LogP contribution is -2.46. The summed E-state index contributed by atoms with van der Waals surface area (Å²) in [6, 6.07) is 3.06. The monoisotopic (exact) mass is 362 g/mol. The Balaban J connectivity index is 1.88. The fraction of sp³-hybridized carbons (Fsp3) is 0.556. The fourth-order valence-corrected chi connectivity index (χ4v) is 2.71. The molecule has 2 heterocycles. The Morgan fingerprint density at radius 1 is 1.23 bits per heavy atom. The van der Waals surface area contributed by atoms with E-state index in [-0.39, 0.29) is 29.6 Å². The number of rotatable bonds is 6. The number of piperidine rings is 1. The zero-order valence-electron chi connectivity index (χ0n) is 15.3. The van der Waals surface area contributed by atoms with Crippen LogP contribution < -0.4 is 10.6 Å². The second-order valence-corrected chi connectivity index (χ2v) is 6.12. The normalized spacial score (nSPS) is 14.6. The molecular weight excluding hydrogens is 336 g/mol. The predicted octanol–water partition coefficient (Wildman–Crippen LogP) is 1.57. The fourth-order valence-electron chi connectivity index (χ4n) is 2.71. The van der Waals surface area contributed by atoms with E-state index < -0.39 is 0 Å². The van der Waals surface area contributed by atoms with Gasteiger partial charge in [-0.05, 0) is 38.3 Å². The highest BCUT2D eigenvalue weighted by atomic mass is 16.6. The first-order valence-electron chi connectivity index (χ1n) is 9.02. The molecule has 0 spiro atoms. The van der Waals surface area contributed by atoms with Crippen LogP contribution in [0.15, 0.2) is 18.3 Å². The molecule has 8 heteroatoms. The van der Waals surface area contributed by atoms with Crippen LogP contribution in [-0.2, 0) is 4.74 Å². The molecule has 2 rings (SSSR count). The van der Waals surface area contributed by atoms with Gasteiger partial charge < -0.3 is 20.3 Å². The number of amides is 3. The third-order valence-electron chi connectivity index (χ3n) is 4.15. The molecular formula is C18H26N4O4. The van der Waals surface area contributed by atoms with Crippen molar-refractivity contribution in [2.45, 2.75) is 39.2 Å². The molecule has 1 saturated heterocycles. The van der Waals surface area contributed by atoms with Gasteiger partial charge in [-0.1, -0.05) is 6.92 Å². The molecule has 2 N–H and O–H groups in total. The van der Waals surface area contributed by atoms with E-state index in [1.807, 2.05) is 6.92 Å². The molecule has 0 atom stereocenters. The minimum absolute atomic E-state index is 0.0151. The second-order valence-electron chi connectivity index (χ2n) is 6.12. The number of pyridine rings is 1. The Bertz CT molecular complexity index is 642. The summed E-state index contributed by atoms with van der Waals surface area (Å²) in [6.07, 6.45) is 3.31. The maximum Gasteiger partial charge on any atom is 0.409 e. The Kier molecular flexibility index (Phi) is 7.37. The zero-order valence-corrected chi connectivity index (χ0v) is 15.3. The van der Waals surface area contributed by atoms with E-state index in [1.54, 1.807) is 17.9 Å². The number of hydrogen-bond donors (Lipinski definition) is 2. The first-order valence-corrected chi connectivity index (χ1v) is 9.02. The lowest BCUT2D eigenvalue weighted by molar-refractivity contribution is 0.0859. The van der Waals surface area contributed by atoms with Crippen LogP contribution in [0.2, 0.25) is 0 Å². The number of aromatic nitrogens is 1. The number of nitrogens with one attached hydrogen (secondary N) is 2. The van der Waals surface area contributed by atoms with Crippen molar-refractivity contribution in [1.29, 1.82) is 0 Å². The summed E-state index contributed by atoms with van der Waals surface area (Å²) in [6.45, 7) is 5.75. The van der Waals surface area contributed by atoms with Gasteiger partial charge in [-0.15, -0.1) is 0 Å². The van der Waals surface area contributed by atoms with E-state index in [0.717, 1.165) is 6.42 Å². The van der Waals surface area contributed by atoms with Crippen LogP contribution in [0.3, 0.4) is 0 Å². The molecule has 142 valence electrons. The van der Waals surface area contributed by atoms with Crippen LogP contribution in [0.25, 0.3) is 0 Å². The number of hydrogen-bond acceptors (Lipinski definition) is 5. The molecule has 26 heavy (non-hydrogen) atoms. The van der Waals surface area contributed by atoms with Crippen LogP contribution in [-0.4, -0.2) is 60.1 Å². The van der Waals surface area contributed by atoms with Gasteiger partial charge in [-0.25, -0.2) is 4.79 Å². The number of likely N-dealkylation sites (tertiary alicyclic amines) is 1. The first kappa shape index (κ1) is 19.7. The maximum atomic E-state index is 12.4. The molecule has 0 unspecified atom stereocenters. The highest BCUT2D eigenvalue weighted by Gasteiger charge is 2.25. The van der Waals surface area contributed by atoms with Crippen molar-refractivity contribution in [3.63, 3.8) is 0 Å². The lowest BCUT2D eigenvalue weighted by Gasteiger charge is -2.31. The number of ether oxygens (including phenoxy) is 1. The van der Waals surface area contributed by atoms with Crippen molar-refractivity contribution in [1.82, 2.24) is 20.5 Å². The van der Waals surface area contributed by atoms with Crippen molar-refractivity contribution < 1.29 is 19.1 Å². The number of carbonyl (C=O) groups excluding carboxylic acids is 3. The largest absolute Gasteiger partial charge is 0.450 e. The van der Waals surface area contributed by atoms with Gasteiger partial charge >= 0.3 is 6.09 Å². The summed E-state index contributed by atoms with van der Waals surface area (Å²) in [5.41, 5.74) is 0.623. The van der Waals surface area contributed by atoms with E-state index in [2.05, 4.69) is 15.6 Å². The molecule has 1 aromatic rings. The van der Waals surface area contributed by atoms with Gasteiger partial charge in [0, 0.05) is 37.4 Å². The van der Waals surface area contributed by atoms with Crippen LogP contribution >= 0.6 is 0 Å². The second kappa shape index (κ2) is 9.74. The van der Waals surface area contributed by atoms with Crippen molar-refractivity contribution in [2.75, 3.05) is 26.2 Å². The Hall–Kier alpha value is -2.64. The molecule has 1 aliphatic heterocycles. The third-order valence-corrected chi connectivity index (χ3v) is 4.15. The molecule has 0 aromatic carbocycles. The molecule has 1 aliphatic rings. The maximum absolute atomic E-state index is 12.4. The van der Waals surface area contributed by atoms with Gasteiger partial charge in [0.1, 0.15) is 5.69 Å². The molecule has 0 bridgehead atoms. The molecule has 1 aromatic heterocycles. The average Bonchev–Trinajstić information content (AvgIpc) is 2.67. The number of nitrogens with zero attached hydrogens (tertiary/aromatic N) is 2. The molecule has 1 fully saturated rings. The first-order chi connectivity index (χ1) is 12.5. The quantitative estimate of drug-likeness (QED) is 0.800. The molecule has 8 nitrogen and oxygen atoms in total. The van der Waals surface area contributed by atoms with E-state index in [9.17, 15) is 14.4 Å². The Morgan fingerprint density at radius 3 is 2.62 bits per heavy atom. The van der Waals surface area contributed by atoms with Crippen LogP contribution in [0.4, 0.5) is 4.79 Å². The Morgan fingerprint density at radius 2 is 1.96 bits per heavy atom. The SMILES string of the molecule is CCCNC(=O)c1cc(C(=O)NC2CCN(C(=O)OCC)CC2)ccn1. The van der Waals surface area contributed by atoms with Gasteiger partial charge in [-0.3, -0.25) is 14.6 Å². The molecule has 0 radical (unpaired) electrons. The highest BCUT2D eigenvalue weighted by Crippen LogP contribution is 2.12. The molecule has 0 aliphatic carbocycles. The van der Waals surface area contributed by atoms with Crippen LogP contribution in [0, 0.1) is 0 Å². The zero-order chi connectivity index (χ0) is 18.9. The van der Waals surface area contributed by atoms with E-state index in [1.165, 1.54) is 12.3 Å².